The maximum Gasteiger partial charge on any atom is 0.238 e. The Labute approximate surface area is 117 Å². The first-order valence-corrected chi connectivity index (χ1v) is 6.68. The van der Waals surface area contributed by atoms with Gasteiger partial charge in [0.25, 0.3) is 0 Å². The molecule has 2 rings (SSSR count). The maximum atomic E-state index is 13.4. The van der Waals surface area contributed by atoms with Crippen LogP contribution in [0.4, 0.5) is 14.5 Å². The van der Waals surface area contributed by atoms with E-state index in [1.807, 2.05) is 18.7 Å². The summed E-state index contributed by atoms with van der Waals surface area (Å²) in [4.78, 5) is 13.9. The summed E-state index contributed by atoms with van der Waals surface area (Å²) in [5, 5.41) is 5.62. The summed E-state index contributed by atoms with van der Waals surface area (Å²) in [6.45, 7) is 5.70. The van der Waals surface area contributed by atoms with Crippen LogP contribution in [0.15, 0.2) is 18.2 Å². The van der Waals surface area contributed by atoms with Gasteiger partial charge in [-0.15, -0.1) is 0 Å². The molecule has 20 heavy (non-hydrogen) atoms. The Hall–Kier alpha value is -1.53. The molecule has 0 aromatic heterocycles. The first kappa shape index (κ1) is 14.9. The van der Waals surface area contributed by atoms with Crippen molar-refractivity contribution in [2.75, 3.05) is 25.0 Å². The Morgan fingerprint density at radius 1 is 1.40 bits per heavy atom. The number of rotatable bonds is 3. The van der Waals surface area contributed by atoms with Crippen molar-refractivity contribution in [3.05, 3.63) is 29.8 Å². The molecule has 1 aliphatic rings. The van der Waals surface area contributed by atoms with Gasteiger partial charge >= 0.3 is 0 Å². The lowest BCUT2D eigenvalue weighted by Crippen LogP contribution is -2.55. The molecule has 2 unspecified atom stereocenters. The van der Waals surface area contributed by atoms with Crippen molar-refractivity contribution >= 4 is 11.6 Å². The quantitative estimate of drug-likeness (QED) is 0.885. The van der Waals surface area contributed by atoms with Crippen molar-refractivity contribution in [1.29, 1.82) is 0 Å². The third-order valence-electron chi connectivity index (χ3n) is 3.47. The second-order valence-corrected chi connectivity index (χ2v) is 5.23. The highest BCUT2D eigenvalue weighted by Crippen LogP contribution is 2.18. The van der Waals surface area contributed by atoms with Crippen LogP contribution in [0, 0.1) is 11.6 Å². The fourth-order valence-electron chi connectivity index (χ4n) is 2.30. The fraction of sp³-hybridized carbons (Fsp3) is 0.500. The molecule has 1 saturated heterocycles. The molecule has 0 bridgehead atoms. The molecule has 0 spiro atoms. The molecule has 4 nitrogen and oxygen atoms in total. The van der Waals surface area contributed by atoms with E-state index in [0.717, 1.165) is 25.2 Å². The molecule has 1 aromatic rings. The first-order chi connectivity index (χ1) is 9.47. The summed E-state index contributed by atoms with van der Waals surface area (Å²) in [5.74, 6) is -1.94. The van der Waals surface area contributed by atoms with Crippen molar-refractivity contribution < 1.29 is 13.6 Å². The summed E-state index contributed by atoms with van der Waals surface area (Å²) in [6.07, 6.45) is 0. The van der Waals surface area contributed by atoms with Crippen LogP contribution in [0.2, 0.25) is 0 Å². The Bertz CT molecular complexity index is 475. The van der Waals surface area contributed by atoms with Gasteiger partial charge in [0.05, 0.1) is 6.54 Å². The molecule has 1 heterocycles. The number of anilines is 1. The van der Waals surface area contributed by atoms with Crippen LogP contribution in [-0.2, 0) is 4.79 Å². The standard InChI is InChI=1S/C14H19F2N3O/c1-9-7-19(10(2)6-17-9)8-13(20)18-14-11(15)4-3-5-12(14)16/h3-5,9-10,17H,6-8H2,1-2H3,(H,18,20). The number of nitrogens with one attached hydrogen (secondary N) is 2. The van der Waals surface area contributed by atoms with Crippen molar-refractivity contribution in [2.45, 2.75) is 25.9 Å². The molecule has 1 amide bonds. The lowest BCUT2D eigenvalue weighted by molar-refractivity contribution is -0.118. The number of benzene rings is 1. The number of carbonyl (C=O) groups is 1. The molecule has 2 atom stereocenters. The van der Waals surface area contributed by atoms with Crippen LogP contribution in [0.1, 0.15) is 13.8 Å². The molecule has 1 aromatic carbocycles. The van der Waals surface area contributed by atoms with Gasteiger partial charge < -0.3 is 10.6 Å². The third-order valence-corrected chi connectivity index (χ3v) is 3.47. The maximum absolute atomic E-state index is 13.4. The van der Waals surface area contributed by atoms with E-state index in [9.17, 15) is 13.6 Å². The summed E-state index contributed by atoms with van der Waals surface area (Å²) in [7, 11) is 0. The van der Waals surface area contributed by atoms with Gasteiger partial charge in [-0.05, 0) is 26.0 Å². The van der Waals surface area contributed by atoms with E-state index >= 15 is 0 Å². The van der Waals surface area contributed by atoms with Crippen molar-refractivity contribution in [3.63, 3.8) is 0 Å². The molecule has 6 heteroatoms. The Balaban J connectivity index is 1.98. The third kappa shape index (κ3) is 3.52. The molecular weight excluding hydrogens is 264 g/mol. The summed E-state index contributed by atoms with van der Waals surface area (Å²) < 4.78 is 26.9. The minimum Gasteiger partial charge on any atom is -0.320 e. The smallest absolute Gasteiger partial charge is 0.238 e. The summed E-state index contributed by atoms with van der Waals surface area (Å²) >= 11 is 0. The van der Waals surface area contributed by atoms with E-state index in [1.54, 1.807) is 0 Å². The minimum absolute atomic E-state index is 0.126. The number of para-hydroxylation sites is 1. The van der Waals surface area contributed by atoms with Crippen LogP contribution in [-0.4, -0.2) is 42.5 Å². The second kappa shape index (κ2) is 6.28. The zero-order chi connectivity index (χ0) is 14.7. The van der Waals surface area contributed by atoms with Crippen molar-refractivity contribution in [2.24, 2.45) is 0 Å². The van der Waals surface area contributed by atoms with E-state index in [4.69, 9.17) is 0 Å². The number of amides is 1. The van der Waals surface area contributed by atoms with Gasteiger partial charge in [-0.2, -0.15) is 0 Å². The van der Waals surface area contributed by atoms with Gasteiger partial charge in [-0.25, -0.2) is 8.78 Å². The van der Waals surface area contributed by atoms with Crippen molar-refractivity contribution in [1.82, 2.24) is 10.2 Å². The SMILES string of the molecule is CC1CN(CC(=O)Nc2c(F)cccc2F)C(C)CN1. The molecule has 110 valence electrons. The van der Waals surface area contributed by atoms with Crippen LogP contribution in [0.5, 0.6) is 0 Å². The molecule has 1 fully saturated rings. The highest BCUT2D eigenvalue weighted by Gasteiger charge is 2.24. The molecule has 0 saturated carbocycles. The number of hydrogen-bond donors (Lipinski definition) is 2. The topological polar surface area (TPSA) is 44.4 Å². The number of carbonyl (C=O) groups excluding carboxylic acids is 1. The second-order valence-electron chi connectivity index (χ2n) is 5.23. The van der Waals surface area contributed by atoms with E-state index in [0.29, 0.717) is 6.04 Å². The van der Waals surface area contributed by atoms with Gasteiger partial charge in [0.2, 0.25) is 5.91 Å². The van der Waals surface area contributed by atoms with Crippen LogP contribution in [0.25, 0.3) is 0 Å². The normalized spacial score (nSPS) is 23.6. The molecule has 0 radical (unpaired) electrons. The summed E-state index contributed by atoms with van der Waals surface area (Å²) in [5.41, 5.74) is -0.381. The van der Waals surface area contributed by atoms with E-state index in [-0.39, 0.29) is 18.3 Å². The Morgan fingerprint density at radius 2 is 2.05 bits per heavy atom. The lowest BCUT2D eigenvalue weighted by atomic mass is 10.1. The average Bonchev–Trinajstić information content (AvgIpc) is 2.38. The van der Waals surface area contributed by atoms with Crippen LogP contribution >= 0.6 is 0 Å². The highest BCUT2D eigenvalue weighted by atomic mass is 19.1. The lowest BCUT2D eigenvalue weighted by Gasteiger charge is -2.36. The van der Waals surface area contributed by atoms with Gasteiger partial charge in [0.1, 0.15) is 17.3 Å². The first-order valence-electron chi connectivity index (χ1n) is 6.68. The highest BCUT2D eigenvalue weighted by molar-refractivity contribution is 5.92. The fourth-order valence-corrected chi connectivity index (χ4v) is 2.30. The molecule has 1 aliphatic heterocycles. The average molecular weight is 283 g/mol. The molecule has 2 N–H and O–H groups in total. The molecular formula is C14H19F2N3O. The predicted octanol–water partition coefficient (Wildman–Crippen LogP) is 1.59. The molecule has 0 aliphatic carbocycles. The van der Waals surface area contributed by atoms with Crippen molar-refractivity contribution in [3.8, 4) is 0 Å². The van der Waals surface area contributed by atoms with Gasteiger partial charge in [0, 0.05) is 25.2 Å². The number of piperazine rings is 1. The number of hydrogen-bond acceptors (Lipinski definition) is 3. The minimum atomic E-state index is -0.764. The zero-order valence-electron chi connectivity index (χ0n) is 11.6. The number of nitrogens with zero attached hydrogens (tertiary/aromatic N) is 1. The Morgan fingerprint density at radius 3 is 2.70 bits per heavy atom. The van der Waals surface area contributed by atoms with Gasteiger partial charge in [0.15, 0.2) is 0 Å². The van der Waals surface area contributed by atoms with E-state index < -0.39 is 17.5 Å². The van der Waals surface area contributed by atoms with E-state index in [2.05, 4.69) is 10.6 Å². The zero-order valence-corrected chi connectivity index (χ0v) is 11.6. The monoisotopic (exact) mass is 283 g/mol. The number of halogens is 2. The van der Waals surface area contributed by atoms with Crippen LogP contribution in [0.3, 0.4) is 0 Å². The van der Waals surface area contributed by atoms with E-state index in [1.165, 1.54) is 6.07 Å². The van der Waals surface area contributed by atoms with Crippen LogP contribution < -0.4 is 10.6 Å². The summed E-state index contributed by atoms with van der Waals surface area (Å²) in [6, 6.07) is 4.01. The Kier molecular flexibility index (Phi) is 4.67. The largest absolute Gasteiger partial charge is 0.320 e. The van der Waals surface area contributed by atoms with Gasteiger partial charge in [-0.1, -0.05) is 6.07 Å². The predicted molar refractivity (Wildman–Crippen MR) is 73.5 cm³/mol. The van der Waals surface area contributed by atoms with Gasteiger partial charge in [-0.3, -0.25) is 9.69 Å².